The number of hydrogen-bond acceptors (Lipinski definition) is 2. The maximum Gasteiger partial charge on any atom is 0.0716 e. The lowest BCUT2D eigenvalue weighted by atomic mass is 9.94. The third kappa shape index (κ3) is 1.20. The number of hydrogen-bond donors (Lipinski definition) is 1. The minimum absolute atomic E-state index is 0.134. The zero-order valence-electron chi connectivity index (χ0n) is 6.59. The number of nitrogens with one attached hydrogen (secondary N) is 1. The summed E-state index contributed by atoms with van der Waals surface area (Å²) in [6, 6.07) is 0. The second-order valence-electron chi connectivity index (χ2n) is 2.60. The molecule has 0 aromatic carbocycles. The summed E-state index contributed by atoms with van der Waals surface area (Å²) in [7, 11) is 0. The molecule has 0 saturated carbocycles. The SMILES string of the molecule is CCC1(CC)C=NC=CN1. The van der Waals surface area contributed by atoms with E-state index in [1.165, 1.54) is 0 Å². The molecule has 1 aliphatic heterocycles. The Morgan fingerprint density at radius 1 is 1.40 bits per heavy atom. The fourth-order valence-electron chi connectivity index (χ4n) is 1.11. The molecule has 0 spiro atoms. The van der Waals surface area contributed by atoms with Crippen LogP contribution in [0.4, 0.5) is 0 Å². The summed E-state index contributed by atoms with van der Waals surface area (Å²) in [6.45, 7) is 4.34. The number of aliphatic imine (C=N–C) groups is 1. The first kappa shape index (κ1) is 7.32. The van der Waals surface area contributed by atoms with Crippen molar-refractivity contribution in [3.05, 3.63) is 12.4 Å². The average molecular weight is 138 g/mol. The van der Waals surface area contributed by atoms with Crippen molar-refractivity contribution in [2.45, 2.75) is 32.2 Å². The van der Waals surface area contributed by atoms with E-state index in [0.717, 1.165) is 12.8 Å². The van der Waals surface area contributed by atoms with Crippen LogP contribution in [-0.2, 0) is 0 Å². The van der Waals surface area contributed by atoms with Gasteiger partial charge in [-0.25, -0.2) is 0 Å². The van der Waals surface area contributed by atoms with Gasteiger partial charge in [-0.05, 0) is 12.8 Å². The third-order valence-corrected chi connectivity index (χ3v) is 2.11. The molecule has 0 unspecified atom stereocenters. The zero-order chi connectivity index (χ0) is 7.45. The van der Waals surface area contributed by atoms with Gasteiger partial charge in [-0.3, -0.25) is 4.99 Å². The predicted molar refractivity (Wildman–Crippen MR) is 44.1 cm³/mol. The van der Waals surface area contributed by atoms with Crippen LogP contribution >= 0.6 is 0 Å². The molecule has 0 fully saturated rings. The van der Waals surface area contributed by atoms with E-state index < -0.39 is 0 Å². The van der Waals surface area contributed by atoms with Crippen LogP contribution in [0.25, 0.3) is 0 Å². The van der Waals surface area contributed by atoms with E-state index in [0.29, 0.717) is 0 Å². The van der Waals surface area contributed by atoms with E-state index in [9.17, 15) is 0 Å². The molecule has 0 bridgehead atoms. The molecule has 2 heteroatoms. The summed E-state index contributed by atoms with van der Waals surface area (Å²) < 4.78 is 0. The molecule has 10 heavy (non-hydrogen) atoms. The quantitative estimate of drug-likeness (QED) is 0.617. The highest BCUT2D eigenvalue weighted by Gasteiger charge is 2.22. The predicted octanol–water partition coefficient (Wildman–Crippen LogP) is 1.69. The normalized spacial score (nSPS) is 20.6. The van der Waals surface area contributed by atoms with Gasteiger partial charge in [0.05, 0.1) is 5.54 Å². The van der Waals surface area contributed by atoms with Crippen LogP contribution in [0.3, 0.4) is 0 Å². The van der Waals surface area contributed by atoms with Crippen molar-refractivity contribution in [1.29, 1.82) is 0 Å². The monoisotopic (exact) mass is 138 g/mol. The standard InChI is InChI=1S/C8H14N2/c1-3-8(4-2)7-9-5-6-10-8/h5-7,10H,3-4H2,1-2H3. The molecule has 1 rings (SSSR count). The summed E-state index contributed by atoms with van der Waals surface area (Å²) in [4.78, 5) is 4.10. The second kappa shape index (κ2) is 2.86. The Morgan fingerprint density at radius 3 is 2.40 bits per heavy atom. The van der Waals surface area contributed by atoms with E-state index in [1.54, 1.807) is 6.20 Å². The van der Waals surface area contributed by atoms with Crippen molar-refractivity contribution in [3.63, 3.8) is 0 Å². The van der Waals surface area contributed by atoms with E-state index >= 15 is 0 Å². The summed E-state index contributed by atoms with van der Waals surface area (Å²) in [5.41, 5.74) is 0.134. The molecule has 0 aromatic heterocycles. The molecular weight excluding hydrogens is 124 g/mol. The fourth-order valence-corrected chi connectivity index (χ4v) is 1.11. The van der Waals surface area contributed by atoms with Gasteiger partial charge in [0.2, 0.25) is 0 Å². The minimum Gasteiger partial charge on any atom is -0.379 e. The maximum absolute atomic E-state index is 4.10. The van der Waals surface area contributed by atoms with Crippen molar-refractivity contribution >= 4 is 6.21 Å². The molecule has 0 atom stereocenters. The fraction of sp³-hybridized carbons (Fsp3) is 0.625. The Kier molecular flexibility index (Phi) is 2.10. The van der Waals surface area contributed by atoms with Crippen LogP contribution in [0, 0.1) is 0 Å². The molecule has 0 saturated heterocycles. The maximum atomic E-state index is 4.10. The van der Waals surface area contributed by atoms with Crippen LogP contribution in [0.5, 0.6) is 0 Å². The molecule has 56 valence electrons. The minimum atomic E-state index is 0.134. The van der Waals surface area contributed by atoms with Crippen LogP contribution in [0.2, 0.25) is 0 Å². The van der Waals surface area contributed by atoms with Gasteiger partial charge in [-0.2, -0.15) is 0 Å². The Hall–Kier alpha value is -0.790. The Labute approximate surface area is 62.0 Å². The molecule has 0 radical (unpaired) electrons. The van der Waals surface area contributed by atoms with Crippen molar-refractivity contribution in [2.24, 2.45) is 4.99 Å². The van der Waals surface area contributed by atoms with Crippen molar-refractivity contribution in [1.82, 2.24) is 5.32 Å². The van der Waals surface area contributed by atoms with E-state index in [4.69, 9.17) is 0 Å². The summed E-state index contributed by atoms with van der Waals surface area (Å²) in [6.07, 6.45) is 7.87. The van der Waals surface area contributed by atoms with E-state index in [1.807, 2.05) is 12.4 Å². The zero-order valence-corrected chi connectivity index (χ0v) is 6.59. The van der Waals surface area contributed by atoms with Crippen molar-refractivity contribution in [2.75, 3.05) is 0 Å². The highest BCUT2D eigenvalue weighted by molar-refractivity contribution is 5.71. The first-order valence-electron chi connectivity index (χ1n) is 3.80. The first-order chi connectivity index (χ1) is 4.83. The molecular formula is C8H14N2. The summed E-state index contributed by atoms with van der Waals surface area (Å²) in [5.74, 6) is 0. The third-order valence-electron chi connectivity index (χ3n) is 2.11. The largest absolute Gasteiger partial charge is 0.379 e. The summed E-state index contributed by atoms with van der Waals surface area (Å²) >= 11 is 0. The van der Waals surface area contributed by atoms with Gasteiger partial charge in [0.15, 0.2) is 0 Å². The topological polar surface area (TPSA) is 24.4 Å². The van der Waals surface area contributed by atoms with Gasteiger partial charge in [0.25, 0.3) is 0 Å². The van der Waals surface area contributed by atoms with Crippen LogP contribution < -0.4 is 5.32 Å². The van der Waals surface area contributed by atoms with Gasteiger partial charge in [-0.15, -0.1) is 0 Å². The van der Waals surface area contributed by atoms with E-state index in [2.05, 4.69) is 24.2 Å². The number of rotatable bonds is 2. The lowest BCUT2D eigenvalue weighted by Gasteiger charge is -2.29. The molecule has 1 N–H and O–H groups in total. The molecule has 0 aromatic rings. The Balaban J connectivity index is 2.66. The van der Waals surface area contributed by atoms with Gasteiger partial charge in [0, 0.05) is 18.6 Å². The highest BCUT2D eigenvalue weighted by Crippen LogP contribution is 2.14. The van der Waals surface area contributed by atoms with Crippen molar-refractivity contribution < 1.29 is 0 Å². The van der Waals surface area contributed by atoms with Crippen LogP contribution in [-0.4, -0.2) is 11.8 Å². The Morgan fingerprint density at radius 2 is 2.10 bits per heavy atom. The molecule has 0 aliphatic carbocycles. The smallest absolute Gasteiger partial charge is 0.0716 e. The molecule has 2 nitrogen and oxygen atoms in total. The Bertz CT molecular complexity index is 155. The van der Waals surface area contributed by atoms with Crippen molar-refractivity contribution in [3.8, 4) is 0 Å². The van der Waals surface area contributed by atoms with Crippen LogP contribution in [0.15, 0.2) is 17.4 Å². The summed E-state index contributed by atoms with van der Waals surface area (Å²) in [5, 5.41) is 3.30. The lowest BCUT2D eigenvalue weighted by Crippen LogP contribution is -2.43. The average Bonchev–Trinajstić information content (AvgIpc) is 2.06. The first-order valence-corrected chi connectivity index (χ1v) is 3.80. The van der Waals surface area contributed by atoms with Gasteiger partial charge in [-0.1, -0.05) is 13.8 Å². The van der Waals surface area contributed by atoms with Crippen LogP contribution in [0.1, 0.15) is 26.7 Å². The van der Waals surface area contributed by atoms with E-state index in [-0.39, 0.29) is 5.54 Å². The molecule has 1 heterocycles. The van der Waals surface area contributed by atoms with Gasteiger partial charge >= 0.3 is 0 Å². The van der Waals surface area contributed by atoms with Gasteiger partial charge < -0.3 is 5.32 Å². The molecule has 1 aliphatic rings. The molecule has 0 amide bonds. The lowest BCUT2D eigenvalue weighted by molar-refractivity contribution is 0.462. The highest BCUT2D eigenvalue weighted by atomic mass is 15.0. The second-order valence-corrected chi connectivity index (χ2v) is 2.60. The number of nitrogens with zero attached hydrogens (tertiary/aromatic N) is 1. The van der Waals surface area contributed by atoms with Gasteiger partial charge in [0.1, 0.15) is 0 Å².